The molecule has 0 radical (unpaired) electrons. The molecule has 1 aliphatic heterocycles. The van der Waals surface area contributed by atoms with Crippen molar-refractivity contribution in [3.63, 3.8) is 0 Å². The summed E-state index contributed by atoms with van der Waals surface area (Å²) < 4.78 is 0. The molecule has 0 aromatic carbocycles. The van der Waals surface area contributed by atoms with Gasteiger partial charge in [0.25, 0.3) is 0 Å². The summed E-state index contributed by atoms with van der Waals surface area (Å²) >= 11 is 0. The van der Waals surface area contributed by atoms with Gasteiger partial charge in [-0.2, -0.15) is 0 Å². The van der Waals surface area contributed by atoms with Gasteiger partial charge in [-0.1, -0.05) is 33.7 Å². The first kappa shape index (κ1) is 6.30. The van der Waals surface area contributed by atoms with Crippen LogP contribution >= 0.6 is 21.6 Å². The molecular formula is C6H8S2. The van der Waals surface area contributed by atoms with Gasteiger partial charge in [-0.05, 0) is 23.7 Å². The Balaban J connectivity index is 2.65. The standard InChI is InChI=1S/C6H8S2/c1-5-3-4-6(2)8-7-5/h3-4H,1-2H3. The smallest absolute Gasteiger partial charge is 0.00694 e. The highest BCUT2D eigenvalue weighted by Gasteiger charge is 1.97. The van der Waals surface area contributed by atoms with E-state index in [4.69, 9.17) is 0 Å². The minimum absolute atomic E-state index is 1.39. The highest BCUT2D eigenvalue weighted by Crippen LogP contribution is 2.38. The summed E-state index contributed by atoms with van der Waals surface area (Å²) in [6.07, 6.45) is 4.30. The van der Waals surface area contributed by atoms with E-state index in [2.05, 4.69) is 26.0 Å². The number of rotatable bonds is 0. The van der Waals surface area contributed by atoms with E-state index in [1.54, 1.807) is 0 Å². The van der Waals surface area contributed by atoms with Crippen molar-refractivity contribution in [3.05, 3.63) is 22.0 Å². The van der Waals surface area contributed by atoms with Crippen LogP contribution in [0.25, 0.3) is 0 Å². The molecule has 0 saturated heterocycles. The predicted molar refractivity (Wildman–Crippen MR) is 42.7 cm³/mol. The SMILES string of the molecule is CC1=CC=C(C)SS1. The van der Waals surface area contributed by atoms with Crippen LogP contribution < -0.4 is 0 Å². The van der Waals surface area contributed by atoms with E-state index < -0.39 is 0 Å². The second-order valence-electron chi connectivity index (χ2n) is 1.72. The number of allylic oxidation sites excluding steroid dienone is 4. The Morgan fingerprint density at radius 2 is 1.38 bits per heavy atom. The molecule has 0 N–H and O–H groups in total. The van der Waals surface area contributed by atoms with Crippen LogP contribution in [0.15, 0.2) is 22.0 Å². The molecule has 0 nitrogen and oxygen atoms in total. The highest BCUT2D eigenvalue weighted by atomic mass is 33.1. The monoisotopic (exact) mass is 144 g/mol. The number of hydrogen-bond donors (Lipinski definition) is 0. The van der Waals surface area contributed by atoms with E-state index in [9.17, 15) is 0 Å². The van der Waals surface area contributed by atoms with Crippen molar-refractivity contribution >= 4 is 21.6 Å². The molecule has 0 fully saturated rings. The van der Waals surface area contributed by atoms with Gasteiger partial charge in [-0.3, -0.25) is 0 Å². The van der Waals surface area contributed by atoms with E-state index in [0.717, 1.165) is 0 Å². The van der Waals surface area contributed by atoms with Crippen LogP contribution in [0.1, 0.15) is 13.8 Å². The third kappa shape index (κ3) is 1.60. The maximum atomic E-state index is 2.15. The van der Waals surface area contributed by atoms with Gasteiger partial charge >= 0.3 is 0 Å². The Labute approximate surface area is 57.8 Å². The molecule has 0 bridgehead atoms. The summed E-state index contributed by atoms with van der Waals surface area (Å²) in [6, 6.07) is 0. The van der Waals surface area contributed by atoms with Crippen molar-refractivity contribution < 1.29 is 0 Å². The maximum absolute atomic E-state index is 2.15. The average Bonchev–Trinajstić information content (AvgIpc) is 1.77. The van der Waals surface area contributed by atoms with Crippen molar-refractivity contribution in [2.75, 3.05) is 0 Å². The summed E-state index contributed by atoms with van der Waals surface area (Å²) in [7, 11) is 3.67. The third-order valence-electron chi connectivity index (χ3n) is 0.857. The number of hydrogen-bond acceptors (Lipinski definition) is 2. The van der Waals surface area contributed by atoms with Crippen LogP contribution in [-0.2, 0) is 0 Å². The van der Waals surface area contributed by atoms with Gasteiger partial charge in [0.1, 0.15) is 0 Å². The largest absolute Gasteiger partial charge is 0.0577 e. The van der Waals surface area contributed by atoms with E-state index in [-0.39, 0.29) is 0 Å². The molecule has 8 heavy (non-hydrogen) atoms. The van der Waals surface area contributed by atoms with Crippen molar-refractivity contribution in [1.29, 1.82) is 0 Å². The topological polar surface area (TPSA) is 0 Å². The lowest BCUT2D eigenvalue weighted by Crippen LogP contribution is -1.70. The van der Waals surface area contributed by atoms with Gasteiger partial charge in [0.05, 0.1) is 0 Å². The molecule has 2 heteroatoms. The Kier molecular flexibility index (Phi) is 2.08. The minimum atomic E-state index is 1.39. The first-order valence-corrected chi connectivity index (χ1v) is 4.64. The molecule has 0 atom stereocenters. The molecule has 0 aliphatic carbocycles. The van der Waals surface area contributed by atoms with Crippen LogP contribution in [0.2, 0.25) is 0 Å². The summed E-state index contributed by atoms with van der Waals surface area (Å²) in [5.41, 5.74) is 0. The van der Waals surface area contributed by atoms with Crippen LogP contribution in [0.4, 0.5) is 0 Å². The van der Waals surface area contributed by atoms with Gasteiger partial charge in [0.15, 0.2) is 0 Å². The third-order valence-corrected chi connectivity index (χ3v) is 3.57. The summed E-state index contributed by atoms with van der Waals surface area (Å²) in [4.78, 5) is 2.78. The average molecular weight is 144 g/mol. The lowest BCUT2D eigenvalue weighted by Gasteiger charge is -2.03. The lowest BCUT2D eigenvalue weighted by atomic mass is 10.4. The fourth-order valence-electron chi connectivity index (χ4n) is 0.422. The van der Waals surface area contributed by atoms with Gasteiger partial charge in [0, 0.05) is 0 Å². The van der Waals surface area contributed by atoms with Crippen LogP contribution in [0.5, 0.6) is 0 Å². The minimum Gasteiger partial charge on any atom is -0.0577 e. The molecule has 1 rings (SSSR count). The molecular weight excluding hydrogens is 136 g/mol. The fraction of sp³-hybridized carbons (Fsp3) is 0.333. The Morgan fingerprint density at radius 3 is 1.62 bits per heavy atom. The molecule has 44 valence electrons. The second kappa shape index (κ2) is 2.65. The zero-order valence-electron chi connectivity index (χ0n) is 4.97. The van der Waals surface area contributed by atoms with Gasteiger partial charge < -0.3 is 0 Å². The van der Waals surface area contributed by atoms with E-state index in [0.29, 0.717) is 0 Å². The molecule has 1 heterocycles. The van der Waals surface area contributed by atoms with Crippen LogP contribution in [-0.4, -0.2) is 0 Å². The van der Waals surface area contributed by atoms with E-state index in [1.807, 2.05) is 21.6 Å². The Morgan fingerprint density at radius 1 is 1.00 bits per heavy atom. The lowest BCUT2D eigenvalue weighted by molar-refractivity contribution is 1.62. The van der Waals surface area contributed by atoms with Crippen molar-refractivity contribution in [3.8, 4) is 0 Å². The normalized spacial score (nSPS) is 19.8. The molecule has 0 saturated carbocycles. The Bertz CT molecular complexity index is 127. The summed E-state index contributed by atoms with van der Waals surface area (Å²) in [5, 5.41) is 0. The molecule has 0 aromatic heterocycles. The summed E-state index contributed by atoms with van der Waals surface area (Å²) in [6.45, 7) is 4.25. The van der Waals surface area contributed by atoms with Gasteiger partial charge in [0.2, 0.25) is 0 Å². The maximum Gasteiger partial charge on any atom is -0.00694 e. The zero-order chi connectivity index (χ0) is 5.98. The molecule has 0 unspecified atom stereocenters. The fourth-order valence-corrected chi connectivity index (χ4v) is 2.05. The first-order chi connectivity index (χ1) is 3.79. The van der Waals surface area contributed by atoms with E-state index in [1.165, 1.54) is 9.81 Å². The Hall–Kier alpha value is 0.180. The quantitative estimate of drug-likeness (QED) is 0.479. The van der Waals surface area contributed by atoms with Crippen molar-refractivity contribution in [2.45, 2.75) is 13.8 Å². The first-order valence-electron chi connectivity index (χ1n) is 2.49. The van der Waals surface area contributed by atoms with Crippen molar-refractivity contribution in [2.24, 2.45) is 0 Å². The highest BCUT2D eigenvalue weighted by molar-refractivity contribution is 8.79. The van der Waals surface area contributed by atoms with E-state index >= 15 is 0 Å². The van der Waals surface area contributed by atoms with Gasteiger partial charge in [-0.15, -0.1) is 0 Å². The van der Waals surface area contributed by atoms with Gasteiger partial charge in [-0.25, -0.2) is 0 Å². The predicted octanol–water partition coefficient (Wildman–Crippen LogP) is 3.19. The van der Waals surface area contributed by atoms with Crippen LogP contribution in [0, 0.1) is 0 Å². The summed E-state index contributed by atoms with van der Waals surface area (Å²) in [5.74, 6) is 0. The molecule has 0 aromatic rings. The second-order valence-corrected chi connectivity index (χ2v) is 4.34. The van der Waals surface area contributed by atoms with Crippen molar-refractivity contribution in [1.82, 2.24) is 0 Å². The molecule has 0 spiro atoms. The zero-order valence-corrected chi connectivity index (χ0v) is 6.60. The van der Waals surface area contributed by atoms with Crippen LogP contribution in [0.3, 0.4) is 0 Å². The molecule has 0 amide bonds. The molecule has 1 aliphatic rings.